The van der Waals surface area contributed by atoms with Gasteiger partial charge in [0.1, 0.15) is 0 Å². The second-order valence-corrected chi connectivity index (χ2v) is 5.85. The lowest BCUT2D eigenvalue weighted by Crippen LogP contribution is -2.51. The van der Waals surface area contributed by atoms with Crippen molar-refractivity contribution in [1.82, 2.24) is 0 Å². The Balaban J connectivity index is 2.18. The van der Waals surface area contributed by atoms with E-state index >= 15 is 0 Å². The summed E-state index contributed by atoms with van der Waals surface area (Å²) >= 11 is 0. The monoisotopic (exact) mass is 196 g/mol. The second kappa shape index (κ2) is 3.84. The minimum atomic E-state index is 0.576. The Morgan fingerprint density at radius 3 is 1.93 bits per heavy atom. The topological polar surface area (TPSA) is 9.23 Å². The minimum absolute atomic E-state index is 0.576. The fourth-order valence-corrected chi connectivity index (χ4v) is 3.82. The van der Waals surface area contributed by atoms with Crippen molar-refractivity contribution in [2.24, 2.45) is 29.6 Å². The van der Waals surface area contributed by atoms with Crippen LogP contribution in [0.4, 0.5) is 0 Å². The molecule has 1 saturated carbocycles. The third-order valence-corrected chi connectivity index (χ3v) is 4.30. The normalized spacial score (nSPS) is 42.4. The third-order valence-electron chi connectivity index (χ3n) is 4.30. The van der Waals surface area contributed by atoms with Gasteiger partial charge in [-0.2, -0.15) is 0 Å². The molecule has 3 aliphatic rings. The van der Waals surface area contributed by atoms with Crippen molar-refractivity contribution < 1.29 is 4.74 Å². The van der Waals surface area contributed by atoms with Crippen LogP contribution >= 0.6 is 0 Å². The molecule has 2 bridgehead atoms. The van der Waals surface area contributed by atoms with Crippen LogP contribution in [-0.2, 0) is 4.74 Å². The van der Waals surface area contributed by atoms with Gasteiger partial charge >= 0.3 is 0 Å². The zero-order chi connectivity index (χ0) is 10.3. The molecule has 1 nitrogen and oxygen atoms in total. The minimum Gasteiger partial charge on any atom is -0.378 e. The molecule has 0 N–H and O–H groups in total. The van der Waals surface area contributed by atoms with Crippen molar-refractivity contribution in [2.45, 2.75) is 46.6 Å². The first kappa shape index (κ1) is 10.5. The van der Waals surface area contributed by atoms with Crippen molar-refractivity contribution in [3.8, 4) is 0 Å². The molecule has 0 aromatic carbocycles. The highest BCUT2D eigenvalue weighted by atomic mass is 16.5. The van der Waals surface area contributed by atoms with Gasteiger partial charge in [-0.25, -0.2) is 0 Å². The second-order valence-electron chi connectivity index (χ2n) is 5.85. The van der Waals surface area contributed by atoms with Crippen LogP contribution in [0.2, 0.25) is 0 Å². The predicted octanol–water partition coefficient (Wildman–Crippen LogP) is 3.34. The molecule has 0 aromatic heterocycles. The molecule has 2 heterocycles. The number of ether oxygens (including phenoxy) is 1. The van der Waals surface area contributed by atoms with Gasteiger partial charge in [-0.15, -0.1) is 0 Å². The van der Waals surface area contributed by atoms with Crippen molar-refractivity contribution >= 4 is 0 Å². The average molecular weight is 196 g/mol. The van der Waals surface area contributed by atoms with E-state index < -0.39 is 0 Å². The molecule has 2 saturated heterocycles. The Labute approximate surface area is 88.2 Å². The summed E-state index contributed by atoms with van der Waals surface area (Å²) in [5.41, 5.74) is 0. The summed E-state index contributed by atoms with van der Waals surface area (Å²) in [7, 11) is 0. The molecular formula is C13H24O. The van der Waals surface area contributed by atoms with E-state index in [0.717, 1.165) is 36.2 Å². The summed E-state index contributed by atoms with van der Waals surface area (Å²) in [6, 6.07) is 0. The lowest BCUT2D eigenvalue weighted by Gasteiger charge is -2.52. The van der Waals surface area contributed by atoms with E-state index in [1.807, 2.05) is 0 Å². The predicted molar refractivity (Wildman–Crippen MR) is 59.1 cm³/mol. The first-order valence-corrected chi connectivity index (χ1v) is 6.23. The third kappa shape index (κ3) is 1.60. The van der Waals surface area contributed by atoms with Crippen LogP contribution in [0.3, 0.4) is 0 Å². The quantitative estimate of drug-likeness (QED) is 0.658. The van der Waals surface area contributed by atoms with Crippen LogP contribution in [-0.4, -0.2) is 12.7 Å². The summed E-state index contributed by atoms with van der Waals surface area (Å²) in [6.07, 6.45) is 3.31. The molecule has 0 amide bonds. The highest BCUT2D eigenvalue weighted by Crippen LogP contribution is 2.48. The Hall–Kier alpha value is -0.0400. The number of fused-ring (bicyclic) bond motifs is 3. The maximum Gasteiger partial charge on any atom is 0.0608 e. The fourth-order valence-electron chi connectivity index (χ4n) is 3.82. The van der Waals surface area contributed by atoms with E-state index in [1.54, 1.807) is 0 Å². The van der Waals surface area contributed by atoms with Crippen molar-refractivity contribution in [2.75, 3.05) is 6.61 Å². The summed E-state index contributed by atoms with van der Waals surface area (Å²) < 4.78 is 5.93. The van der Waals surface area contributed by atoms with Gasteiger partial charge in [-0.05, 0) is 42.4 Å². The Morgan fingerprint density at radius 1 is 0.929 bits per heavy atom. The maximum atomic E-state index is 5.93. The lowest BCUT2D eigenvalue weighted by molar-refractivity contribution is -0.159. The molecule has 0 spiro atoms. The van der Waals surface area contributed by atoms with Crippen LogP contribution in [0.25, 0.3) is 0 Å². The zero-order valence-corrected chi connectivity index (χ0v) is 9.99. The average Bonchev–Trinajstić information content (AvgIpc) is 2.17. The van der Waals surface area contributed by atoms with Crippen LogP contribution in [0.5, 0.6) is 0 Å². The van der Waals surface area contributed by atoms with Gasteiger partial charge in [-0.1, -0.05) is 27.7 Å². The summed E-state index contributed by atoms with van der Waals surface area (Å²) in [4.78, 5) is 0. The molecule has 4 unspecified atom stereocenters. The first-order valence-electron chi connectivity index (χ1n) is 6.23. The number of rotatable bonds is 2. The summed E-state index contributed by atoms with van der Waals surface area (Å²) in [5.74, 6) is 4.21. The van der Waals surface area contributed by atoms with E-state index in [2.05, 4.69) is 27.7 Å². The first-order chi connectivity index (χ1) is 6.61. The van der Waals surface area contributed by atoms with E-state index in [1.165, 1.54) is 12.8 Å². The zero-order valence-electron chi connectivity index (χ0n) is 9.99. The van der Waals surface area contributed by atoms with Gasteiger partial charge in [0.05, 0.1) is 12.7 Å². The molecule has 1 aliphatic carbocycles. The molecule has 4 atom stereocenters. The van der Waals surface area contributed by atoms with E-state index in [4.69, 9.17) is 4.74 Å². The smallest absolute Gasteiger partial charge is 0.0608 e. The molecule has 0 aromatic rings. The van der Waals surface area contributed by atoms with Gasteiger partial charge in [0.25, 0.3) is 0 Å². The van der Waals surface area contributed by atoms with E-state index in [9.17, 15) is 0 Å². The fraction of sp³-hybridized carbons (Fsp3) is 1.00. The Kier molecular flexibility index (Phi) is 2.88. The van der Waals surface area contributed by atoms with Gasteiger partial charge in [0, 0.05) is 0 Å². The largest absolute Gasteiger partial charge is 0.378 e. The van der Waals surface area contributed by atoms with Gasteiger partial charge in [0.2, 0.25) is 0 Å². The van der Waals surface area contributed by atoms with Crippen LogP contribution in [0, 0.1) is 29.6 Å². The summed E-state index contributed by atoms with van der Waals surface area (Å²) in [6.45, 7) is 10.5. The molecular weight excluding hydrogens is 172 g/mol. The molecule has 2 aliphatic heterocycles. The standard InChI is InChI=1S/C13H24O/c1-8(2)12-10-5-6-11(14-7-10)13(12)9(3)4/h8-13H,5-7H2,1-4H3. The van der Waals surface area contributed by atoms with Crippen molar-refractivity contribution in [3.63, 3.8) is 0 Å². The molecule has 3 rings (SSSR count). The number of hydrogen-bond acceptors (Lipinski definition) is 1. The Bertz CT molecular complexity index is 167. The molecule has 82 valence electrons. The molecule has 14 heavy (non-hydrogen) atoms. The van der Waals surface area contributed by atoms with Gasteiger partial charge < -0.3 is 4.74 Å². The maximum absolute atomic E-state index is 5.93. The Morgan fingerprint density at radius 2 is 1.57 bits per heavy atom. The van der Waals surface area contributed by atoms with Gasteiger partial charge in [0.15, 0.2) is 0 Å². The van der Waals surface area contributed by atoms with E-state index in [0.29, 0.717) is 6.10 Å². The highest BCUT2D eigenvalue weighted by molar-refractivity contribution is 4.94. The van der Waals surface area contributed by atoms with Crippen LogP contribution in [0.15, 0.2) is 0 Å². The summed E-state index contributed by atoms with van der Waals surface area (Å²) in [5, 5.41) is 0. The van der Waals surface area contributed by atoms with Crippen LogP contribution in [0.1, 0.15) is 40.5 Å². The molecule has 0 radical (unpaired) electrons. The van der Waals surface area contributed by atoms with E-state index in [-0.39, 0.29) is 0 Å². The SMILES string of the molecule is CC(C)C1C2CCC(OC2)C1C(C)C. The lowest BCUT2D eigenvalue weighted by atomic mass is 9.61. The highest BCUT2D eigenvalue weighted by Gasteiger charge is 2.46. The molecule has 1 heteroatoms. The van der Waals surface area contributed by atoms with Gasteiger partial charge in [-0.3, -0.25) is 0 Å². The van der Waals surface area contributed by atoms with Crippen LogP contribution < -0.4 is 0 Å². The molecule has 3 fully saturated rings. The van der Waals surface area contributed by atoms with Crippen molar-refractivity contribution in [1.29, 1.82) is 0 Å². The number of hydrogen-bond donors (Lipinski definition) is 0. The van der Waals surface area contributed by atoms with Crippen molar-refractivity contribution in [3.05, 3.63) is 0 Å².